The Balaban J connectivity index is 1.78. The lowest BCUT2D eigenvalue weighted by atomic mass is 9.76. The zero-order chi connectivity index (χ0) is 16.9. The molecule has 0 saturated carbocycles. The van der Waals surface area contributed by atoms with Crippen molar-refractivity contribution in [3.63, 3.8) is 0 Å². The third-order valence-electron chi connectivity index (χ3n) is 4.90. The highest BCUT2D eigenvalue weighted by molar-refractivity contribution is 6.30. The molecular weight excluding hydrogens is 335 g/mol. The lowest BCUT2D eigenvalue weighted by molar-refractivity contribution is -0.137. The smallest absolute Gasteiger partial charge is 0.378 e. The average molecular weight is 350 g/mol. The second-order valence-corrected chi connectivity index (χ2v) is 6.77. The van der Waals surface area contributed by atoms with E-state index >= 15 is 0 Å². The fraction of sp³-hybridized carbons (Fsp3) is 0.263. The van der Waals surface area contributed by atoms with Crippen molar-refractivity contribution in [3.8, 4) is 0 Å². The number of hydrogen-bond donors (Lipinski definition) is 1. The van der Waals surface area contributed by atoms with Gasteiger partial charge in [-0.25, -0.2) is 0 Å². The van der Waals surface area contributed by atoms with E-state index < -0.39 is 11.7 Å². The Kier molecular flexibility index (Phi) is 3.61. The van der Waals surface area contributed by atoms with Gasteiger partial charge in [0.25, 0.3) is 0 Å². The van der Waals surface area contributed by atoms with Crippen molar-refractivity contribution in [2.45, 2.75) is 24.6 Å². The maximum absolute atomic E-state index is 13.0. The summed E-state index contributed by atoms with van der Waals surface area (Å²) in [4.78, 5) is 0. The molecule has 0 amide bonds. The molecule has 24 heavy (non-hydrogen) atoms. The summed E-state index contributed by atoms with van der Waals surface area (Å²) in [6.45, 7) is 0. The van der Waals surface area contributed by atoms with Crippen molar-refractivity contribution < 1.29 is 13.2 Å². The maximum Gasteiger partial charge on any atom is 0.416 e. The van der Waals surface area contributed by atoms with E-state index in [1.165, 1.54) is 12.1 Å². The maximum atomic E-state index is 13.0. The van der Waals surface area contributed by atoms with E-state index in [0.717, 1.165) is 29.3 Å². The Morgan fingerprint density at radius 2 is 1.92 bits per heavy atom. The van der Waals surface area contributed by atoms with E-state index in [0.29, 0.717) is 5.02 Å². The second kappa shape index (κ2) is 5.55. The fourth-order valence-electron chi connectivity index (χ4n) is 3.80. The van der Waals surface area contributed by atoms with Crippen molar-refractivity contribution in [2.75, 3.05) is 5.32 Å². The molecule has 0 fully saturated rings. The van der Waals surface area contributed by atoms with Gasteiger partial charge < -0.3 is 5.32 Å². The van der Waals surface area contributed by atoms with Crippen molar-refractivity contribution in [1.29, 1.82) is 0 Å². The van der Waals surface area contributed by atoms with Gasteiger partial charge in [-0.2, -0.15) is 13.2 Å². The molecule has 2 aliphatic rings. The SMILES string of the molecule is FC(F)(F)c1ccc2c(c1)[C@@H]1C=CC[C@H]1[C@H](c1cccc(Cl)c1)N2. The lowest BCUT2D eigenvalue weighted by Gasteiger charge is -2.38. The van der Waals surface area contributed by atoms with Crippen LogP contribution >= 0.6 is 11.6 Å². The molecule has 4 rings (SSSR count). The largest absolute Gasteiger partial charge is 0.416 e. The normalized spacial score (nSPS) is 25.1. The van der Waals surface area contributed by atoms with Crippen LogP contribution < -0.4 is 5.32 Å². The number of halogens is 4. The molecule has 5 heteroatoms. The van der Waals surface area contributed by atoms with Gasteiger partial charge in [0.15, 0.2) is 0 Å². The van der Waals surface area contributed by atoms with Gasteiger partial charge in [-0.15, -0.1) is 0 Å². The van der Waals surface area contributed by atoms with Gasteiger partial charge in [0.2, 0.25) is 0 Å². The molecule has 1 N–H and O–H groups in total. The van der Waals surface area contributed by atoms with E-state index in [-0.39, 0.29) is 17.9 Å². The molecule has 1 aliphatic heterocycles. The van der Waals surface area contributed by atoms with E-state index in [1.807, 2.05) is 30.3 Å². The van der Waals surface area contributed by atoms with Crippen LogP contribution in [0.1, 0.15) is 35.1 Å². The third-order valence-corrected chi connectivity index (χ3v) is 5.13. The Bertz CT molecular complexity index is 812. The first-order chi connectivity index (χ1) is 11.4. The summed E-state index contributed by atoms with van der Waals surface area (Å²) < 4.78 is 39.1. The van der Waals surface area contributed by atoms with Crippen LogP contribution in [0.3, 0.4) is 0 Å². The molecule has 0 saturated heterocycles. The number of anilines is 1. The molecular formula is C19H15ClF3N. The average Bonchev–Trinajstić information content (AvgIpc) is 3.02. The number of alkyl halides is 3. The van der Waals surface area contributed by atoms with Crippen molar-refractivity contribution >= 4 is 17.3 Å². The van der Waals surface area contributed by atoms with Crippen LogP contribution in [0.5, 0.6) is 0 Å². The zero-order valence-corrected chi connectivity index (χ0v) is 13.4. The molecule has 1 nitrogen and oxygen atoms in total. The molecule has 1 heterocycles. The number of hydrogen-bond acceptors (Lipinski definition) is 1. The first-order valence-electron chi connectivity index (χ1n) is 7.83. The van der Waals surface area contributed by atoms with Crippen LogP contribution in [0.4, 0.5) is 18.9 Å². The van der Waals surface area contributed by atoms with Crippen LogP contribution in [-0.2, 0) is 6.18 Å². The number of allylic oxidation sites excluding steroid dienone is 2. The lowest BCUT2D eigenvalue weighted by Crippen LogP contribution is -2.29. The van der Waals surface area contributed by atoms with Crippen LogP contribution in [-0.4, -0.2) is 0 Å². The molecule has 2 aromatic carbocycles. The fourth-order valence-corrected chi connectivity index (χ4v) is 4.00. The van der Waals surface area contributed by atoms with Gasteiger partial charge in [0.05, 0.1) is 11.6 Å². The minimum atomic E-state index is -4.32. The Morgan fingerprint density at radius 3 is 2.67 bits per heavy atom. The second-order valence-electron chi connectivity index (χ2n) is 6.33. The molecule has 2 aromatic rings. The predicted molar refractivity (Wildman–Crippen MR) is 89.2 cm³/mol. The van der Waals surface area contributed by atoms with Crippen LogP contribution in [0.2, 0.25) is 5.02 Å². The Morgan fingerprint density at radius 1 is 1.08 bits per heavy atom. The Hall–Kier alpha value is -1.94. The van der Waals surface area contributed by atoms with Gasteiger partial charge in [-0.3, -0.25) is 0 Å². The molecule has 0 unspecified atom stereocenters. The van der Waals surface area contributed by atoms with Crippen molar-refractivity contribution in [2.24, 2.45) is 5.92 Å². The summed E-state index contributed by atoms with van der Waals surface area (Å²) in [5, 5.41) is 4.09. The van der Waals surface area contributed by atoms with Gasteiger partial charge in [-0.1, -0.05) is 35.9 Å². The summed E-state index contributed by atoms with van der Waals surface area (Å²) in [6, 6.07) is 11.6. The van der Waals surface area contributed by atoms with Crippen LogP contribution in [0.25, 0.3) is 0 Å². The van der Waals surface area contributed by atoms with Gasteiger partial charge in [0.1, 0.15) is 0 Å². The molecule has 0 aromatic heterocycles. The minimum absolute atomic E-state index is 0.00692. The standard InChI is InChI=1S/C19H15ClF3N/c20-13-4-1-3-11(9-13)18-15-6-2-5-14(15)16-10-12(19(21,22)23)7-8-17(16)24-18/h1-5,7-10,14-15,18,24H,6H2/t14-,15-,18+/m1/s1. The topological polar surface area (TPSA) is 12.0 Å². The number of nitrogens with one attached hydrogen (secondary N) is 1. The number of rotatable bonds is 1. The van der Waals surface area contributed by atoms with Gasteiger partial charge >= 0.3 is 6.18 Å². The number of benzene rings is 2. The van der Waals surface area contributed by atoms with Crippen molar-refractivity contribution in [3.05, 3.63) is 76.3 Å². The molecule has 124 valence electrons. The van der Waals surface area contributed by atoms with Crippen LogP contribution in [0.15, 0.2) is 54.6 Å². The summed E-state index contributed by atoms with van der Waals surface area (Å²) >= 11 is 6.11. The summed E-state index contributed by atoms with van der Waals surface area (Å²) in [7, 11) is 0. The van der Waals surface area contributed by atoms with Gasteiger partial charge in [-0.05, 0) is 53.8 Å². The zero-order valence-electron chi connectivity index (χ0n) is 12.6. The number of fused-ring (bicyclic) bond motifs is 3. The summed E-state index contributed by atoms with van der Waals surface area (Å²) in [6.07, 6.45) is 0.604. The molecule has 1 aliphatic carbocycles. The quantitative estimate of drug-likeness (QED) is 0.606. The first kappa shape index (κ1) is 15.6. The predicted octanol–water partition coefficient (Wildman–Crippen LogP) is 6.19. The molecule has 3 atom stereocenters. The monoisotopic (exact) mass is 349 g/mol. The summed E-state index contributed by atoms with van der Waals surface area (Å²) in [5.41, 5.74) is 1.96. The first-order valence-corrected chi connectivity index (χ1v) is 8.21. The molecule has 0 bridgehead atoms. The van der Waals surface area contributed by atoms with E-state index in [2.05, 4.69) is 11.4 Å². The summed E-state index contributed by atoms with van der Waals surface area (Å²) in [5.74, 6) is 0.187. The molecule has 0 spiro atoms. The highest BCUT2D eigenvalue weighted by Crippen LogP contribution is 2.50. The van der Waals surface area contributed by atoms with E-state index in [4.69, 9.17) is 11.6 Å². The van der Waals surface area contributed by atoms with E-state index in [1.54, 1.807) is 0 Å². The minimum Gasteiger partial charge on any atom is -0.378 e. The van der Waals surface area contributed by atoms with Crippen LogP contribution in [0, 0.1) is 5.92 Å². The van der Waals surface area contributed by atoms with Gasteiger partial charge in [0, 0.05) is 16.6 Å². The third kappa shape index (κ3) is 2.59. The van der Waals surface area contributed by atoms with E-state index in [9.17, 15) is 13.2 Å². The highest BCUT2D eigenvalue weighted by Gasteiger charge is 2.39. The molecule has 0 radical (unpaired) electrons. The Labute approximate surface area is 143 Å². The highest BCUT2D eigenvalue weighted by atomic mass is 35.5. The van der Waals surface area contributed by atoms with Crippen molar-refractivity contribution in [1.82, 2.24) is 0 Å².